The largest absolute Gasteiger partial charge is 0.324 e. The minimum Gasteiger partial charge on any atom is -0.324 e. The Hall–Kier alpha value is -0.820. The summed E-state index contributed by atoms with van der Waals surface area (Å²) < 4.78 is 0. The van der Waals surface area contributed by atoms with Crippen LogP contribution in [0.3, 0.4) is 0 Å². The molecule has 46 heavy (non-hydrogen) atoms. The number of unbranched alkanes of at least 4 members (excludes halogenated alkanes) is 30. The number of benzene rings is 1. The zero-order chi connectivity index (χ0) is 33.0. The standard InChI is InChI=1S/C45H85N/c1-3-5-7-9-11-13-15-17-19-21-23-25-27-29-31-34-38-43(42-45(46)44-40-36-33-37-41-44)39-35-32-30-28-26-24-22-20-18-16-14-12-10-8-6-4-2/h33,36-37,40-41,43,45H,3-32,34-35,38-39,42,46H2,1-2H3. The molecule has 270 valence electrons. The Morgan fingerprint density at radius 3 is 0.913 bits per heavy atom. The third kappa shape index (κ3) is 29.3. The van der Waals surface area contributed by atoms with E-state index in [1.165, 1.54) is 230 Å². The van der Waals surface area contributed by atoms with Gasteiger partial charge in [-0.15, -0.1) is 0 Å². The normalized spacial score (nSPS) is 12.3. The minimum atomic E-state index is 0.202. The highest BCUT2D eigenvalue weighted by Crippen LogP contribution is 2.28. The van der Waals surface area contributed by atoms with Crippen molar-refractivity contribution in [3.8, 4) is 0 Å². The minimum absolute atomic E-state index is 0.202. The maximum atomic E-state index is 6.72. The first-order valence-electron chi connectivity index (χ1n) is 21.6. The van der Waals surface area contributed by atoms with Gasteiger partial charge in [-0.2, -0.15) is 0 Å². The van der Waals surface area contributed by atoms with Gasteiger partial charge in [-0.25, -0.2) is 0 Å². The summed E-state index contributed by atoms with van der Waals surface area (Å²) in [6.07, 6.45) is 50.3. The van der Waals surface area contributed by atoms with Crippen molar-refractivity contribution in [2.24, 2.45) is 11.7 Å². The molecule has 0 fully saturated rings. The van der Waals surface area contributed by atoms with Crippen molar-refractivity contribution in [3.05, 3.63) is 35.9 Å². The van der Waals surface area contributed by atoms with Crippen LogP contribution in [0.15, 0.2) is 30.3 Å². The van der Waals surface area contributed by atoms with Crippen LogP contribution in [-0.4, -0.2) is 0 Å². The van der Waals surface area contributed by atoms with Gasteiger partial charge in [-0.05, 0) is 17.9 Å². The van der Waals surface area contributed by atoms with E-state index in [2.05, 4.69) is 44.2 Å². The lowest BCUT2D eigenvalue weighted by atomic mass is 9.87. The Kier molecular flexibility index (Phi) is 33.3. The second-order valence-electron chi connectivity index (χ2n) is 15.3. The maximum Gasteiger partial charge on any atom is 0.0297 e. The molecule has 0 amide bonds. The maximum absolute atomic E-state index is 6.72. The predicted octanol–water partition coefficient (Wildman–Crippen LogP) is 16.0. The molecular weight excluding hydrogens is 555 g/mol. The summed E-state index contributed by atoms with van der Waals surface area (Å²) in [6, 6.07) is 11.1. The van der Waals surface area contributed by atoms with Crippen molar-refractivity contribution in [3.63, 3.8) is 0 Å². The van der Waals surface area contributed by atoms with E-state index in [0.29, 0.717) is 0 Å². The smallest absolute Gasteiger partial charge is 0.0297 e. The SMILES string of the molecule is CCCCCCCCCCCCCCCCCCC(CCCCCCCCCCCCCCCCCC)CC(N)c1ccccc1. The van der Waals surface area contributed by atoms with Crippen LogP contribution in [0.5, 0.6) is 0 Å². The molecule has 1 unspecified atom stereocenters. The van der Waals surface area contributed by atoms with Gasteiger partial charge in [0.2, 0.25) is 0 Å². The molecule has 0 saturated heterocycles. The van der Waals surface area contributed by atoms with E-state index in [1.807, 2.05) is 0 Å². The Morgan fingerprint density at radius 2 is 0.630 bits per heavy atom. The molecular formula is C45H85N. The molecule has 1 aromatic rings. The molecule has 1 heteroatoms. The van der Waals surface area contributed by atoms with Gasteiger partial charge in [0, 0.05) is 6.04 Å². The topological polar surface area (TPSA) is 26.0 Å². The first kappa shape index (κ1) is 43.2. The fourth-order valence-electron chi connectivity index (χ4n) is 7.54. The van der Waals surface area contributed by atoms with E-state index < -0.39 is 0 Å². The molecule has 1 aromatic carbocycles. The Balaban J connectivity index is 2.06. The Morgan fingerprint density at radius 1 is 0.370 bits per heavy atom. The van der Waals surface area contributed by atoms with E-state index >= 15 is 0 Å². The van der Waals surface area contributed by atoms with E-state index in [1.54, 1.807) is 0 Å². The van der Waals surface area contributed by atoms with Gasteiger partial charge in [0.15, 0.2) is 0 Å². The number of hydrogen-bond acceptors (Lipinski definition) is 1. The summed E-state index contributed by atoms with van der Waals surface area (Å²) in [7, 11) is 0. The molecule has 0 aliphatic carbocycles. The lowest BCUT2D eigenvalue weighted by Crippen LogP contribution is -2.16. The van der Waals surface area contributed by atoms with E-state index in [-0.39, 0.29) is 6.04 Å². The zero-order valence-corrected chi connectivity index (χ0v) is 31.9. The van der Waals surface area contributed by atoms with Crippen LogP contribution in [0.25, 0.3) is 0 Å². The van der Waals surface area contributed by atoms with Crippen LogP contribution >= 0.6 is 0 Å². The van der Waals surface area contributed by atoms with Gasteiger partial charge in [-0.3, -0.25) is 0 Å². The summed E-state index contributed by atoms with van der Waals surface area (Å²) in [5.41, 5.74) is 8.04. The first-order valence-corrected chi connectivity index (χ1v) is 21.6. The second kappa shape index (κ2) is 35.5. The monoisotopic (exact) mass is 640 g/mol. The van der Waals surface area contributed by atoms with Gasteiger partial charge >= 0.3 is 0 Å². The van der Waals surface area contributed by atoms with Gasteiger partial charge in [0.05, 0.1) is 0 Å². The van der Waals surface area contributed by atoms with Crippen LogP contribution in [0, 0.1) is 5.92 Å². The molecule has 0 radical (unpaired) electrons. The van der Waals surface area contributed by atoms with Crippen LogP contribution in [-0.2, 0) is 0 Å². The zero-order valence-electron chi connectivity index (χ0n) is 31.9. The molecule has 0 saturated carbocycles. The van der Waals surface area contributed by atoms with Crippen molar-refractivity contribution in [2.45, 2.75) is 245 Å². The number of rotatable bonds is 37. The fourth-order valence-corrected chi connectivity index (χ4v) is 7.54. The van der Waals surface area contributed by atoms with E-state index in [4.69, 9.17) is 5.73 Å². The van der Waals surface area contributed by atoms with E-state index in [9.17, 15) is 0 Å². The molecule has 0 aliphatic heterocycles. The molecule has 0 spiro atoms. The molecule has 1 atom stereocenters. The highest BCUT2D eigenvalue weighted by Gasteiger charge is 2.15. The molecule has 0 aliphatic rings. The second-order valence-corrected chi connectivity index (χ2v) is 15.3. The van der Waals surface area contributed by atoms with E-state index in [0.717, 1.165) is 5.92 Å². The quantitative estimate of drug-likeness (QED) is 0.0720. The first-order chi connectivity index (χ1) is 22.8. The summed E-state index contributed by atoms with van der Waals surface area (Å²) >= 11 is 0. The lowest BCUT2D eigenvalue weighted by Gasteiger charge is -2.21. The fraction of sp³-hybridized carbons (Fsp3) is 0.867. The number of nitrogens with two attached hydrogens (primary N) is 1. The lowest BCUT2D eigenvalue weighted by molar-refractivity contribution is 0.355. The average Bonchev–Trinajstić information content (AvgIpc) is 3.08. The Bertz CT molecular complexity index is 647. The van der Waals surface area contributed by atoms with Crippen LogP contribution in [0.2, 0.25) is 0 Å². The van der Waals surface area contributed by atoms with Crippen molar-refractivity contribution in [1.82, 2.24) is 0 Å². The molecule has 1 nitrogen and oxygen atoms in total. The third-order valence-corrected chi connectivity index (χ3v) is 10.7. The van der Waals surface area contributed by atoms with Crippen molar-refractivity contribution in [1.29, 1.82) is 0 Å². The van der Waals surface area contributed by atoms with Crippen LogP contribution in [0.1, 0.15) is 250 Å². The summed E-state index contributed by atoms with van der Waals surface area (Å²) in [5, 5.41) is 0. The Labute approximate surface area is 291 Å². The summed E-state index contributed by atoms with van der Waals surface area (Å²) in [5.74, 6) is 0.800. The van der Waals surface area contributed by atoms with Crippen LogP contribution in [0.4, 0.5) is 0 Å². The molecule has 0 heterocycles. The van der Waals surface area contributed by atoms with Crippen molar-refractivity contribution in [2.75, 3.05) is 0 Å². The molecule has 0 aromatic heterocycles. The van der Waals surface area contributed by atoms with Crippen molar-refractivity contribution >= 4 is 0 Å². The number of hydrogen-bond donors (Lipinski definition) is 1. The molecule has 1 rings (SSSR count). The highest BCUT2D eigenvalue weighted by molar-refractivity contribution is 5.18. The van der Waals surface area contributed by atoms with Gasteiger partial charge in [0.1, 0.15) is 0 Å². The molecule has 2 N–H and O–H groups in total. The van der Waals surface area contributed by atoms with Crippen LogP contribution < -0.4 is 5.73 Å². The van der Waals surface area contributed by atoms with Gasteiger partial charge in [0.25, 0.3) is 0 Å². The van der Waals surface area contributed by atoms with Crippen molar-refractivity contribution < 1.29 is 0 Å². The third-order valence-electron chi connectivity index (χ3n) is 10.7. The highest BCUT2D eigenvalue weighted by atomic mass is 14.6. The summed E-state index contributed by atoms with van der Waals surface area (Å²) in [4.78, 5) is 0. The molecule has 0 bridgehead atoms. The van der Waals surface area contributed by atoms with Gasteiger partial charge < -0.3 is 5.73 Å². The summed E-state index contributed by atoms with van der Waals surface area (Å²) in [6.45, 7) is 4.62. The average molecular weight is 640 g/mol. The van der Waals surface area contributed by atoms with Gasteiger partial charge in [-0.1, -0.05) is 262 Å². The predicted molar refractivity (Wildman–Crippen MR) is 210 cm³/mol.